The van der Waals surface area contributed by atoms with Crippen molar-refractivity contribution in [3.8, 4) is 0 Å². The molecule has 1 aliphatic carbocycles. The Bertz CT molecular complexity index is 506. The van der Waals surface area contributed by atoms with Gasteiger partial charge in [0.05, 0.1) is 0 Å². The van der Waals surface area contributed by atoms with Crippen LogP contribution < -0.4 is 4.73 Å². The molecule has 0 spiro atoms. The third kappa shape index (κ3) is 2.53. The van der Waals surface area contributed by atoms with Crippen molar-refractivity contribution >= 4 is 5.71 Å². The largest absolute Gasteiger partial charge is 0.711 e. The molecule has 1 saturated carbocycles. The predicted octanol–water partition coefficient (Wildman–Crippen LogP) is 3.03. The lowest BCUT2D eigenvalue weighted by atomic mass is 9.92. The van der Waals surface area contributed by atoms with Crippen molar-refractivity contribution < 1.29 is 9.94 Å². The zero-order valence-electron chi connectivity index (χ0n) is 12.7. The standard InChI is InChI=1S/C15H25N3O2/c1-4-5-9-14-11(2)18(20)12(3)17(14)15-10-7-6-8-13(15)16-19/h15,19H,4-10H2,1-3H3/b16-13+. The maximum atomic E-state index is 12.2. The monoisotopic (exact) mass is 279 g/mol. The van der Waals surface area contributed by atoms with Crippen molar-refractivity contribution in [3.63, 3.8) is 0 Å². The highest BCUT2D eigenvalue weighted by Gasteiger charge is 2.33. The molecule has 0 bridgehead atoms. The van der Waals surface area contributed by atoms with Gasteiger partial charge in [0.2, 0.25) is 0 Å². The van der Waals surface area contributed by atoms with Crippen molar-refractivity contribution in [2.45, 2.75) is 71.8 Å². The predicted molar refractivity (Wildman–Crippen MR) is 78.2 cm³/mol. The van der Waals surface area contributed by atoms with E-state index in [1.807, 2.05) is 13.8 Å². The molecule has 0 aromatic carbocycles. The summed E-state index contributed by atoms with van der Waals surface area (Å²) in [5, 5.41) is 24.9. The van der Waals surface area contributed by atoms with Gasteiger partial charge >= 0.3 is 0 Å². The second kappa shape index (κ2) is 6.29. The molecule has 1 N–H and O–H groups in total. The van der Waals surface area contributed by atoms with Crippen LogP contribution in [0.25, 0.3) is 0 Å². The summed E-state index contributed by atoms with van der Waals surface area (Å²) in [6.45, 7) is 5.90. The van der Waals surface area contributed by atoms with E-state index >= 15 is 0 Å². The van der Waals surface area contributed by atoms with Crippen molar-refractivity contribution in [2.75, 3.05) is 0 Å². The van der Waals surface area contributed by atoms with Crippen LogP contribution in [0.3, 0.4) is 0 Å². The molecule has 1 unspecified atom stereocenters. The van der Waals surface area contributed by atoms with E-state index in [-0.39, 0.29) is 6.04 Å². The summed E-state index contributed by atoms with van der Waals surface area (Å²) in [5.74, 6) is 0.710. The lowest BCUT2D eigenvalue weighted by Crippen LogP contribution is -2.33. The summed E-state index contributed by atoms with van der Waals surface area (Å²) >= 11 is 0. The molecular formula is C15H25N3O2. The summed E-state index contributed by atoms with van der Waals surface area (Å²) in [6.07, 6.45) is 7.05. The van der Waals surface area contributed by atoms with Crippen molar-refractivity contribution in [1.82, 2.24) is 4.57 Å². The van der Waals surface area contributed by atoms with Gasteiger partial charge in [-0.3, -0.25) is 0 Å². The Kier molecular flexibility index (Phi) is 4.68. The van der Waals surface area contributed by atoms with Gasteiger partial charge in [0.1, 0.15) is 23.1 Å². The van der Waals surface area contributed by atoms with Gasteiger partial charge in [-0.05, 0) is 32.1 Å². The molecule has 0 saturated heterocycles. The fraction of sp³-hybridized carbons (Fsp3) is 0.733. The molecule has 1 aromatic heterocycles. The Morgan fingerprint density at radius 1 is 1.40 bits per heavy atom. The van der Waals surface area contributed by atoms with E-state index in [1.165, 1.54) is 0 Å². The first-order valence-electron chi connectivity index (χ1n) is 7.62. The van der Waals surface area contributed by atoms with Crippen LogP contribution in [0.1, 0.15) is 68.7 Å². The van der Waals surface area contributed by atoms with Gasteiger partial charge in [-0.25, -0.2) is 9.30 Å². The van der Waals surface area contributed by atoms with Gasteiger partial charge in [0.15, 0.2) is 0 Å². The third-order valence-corrected chi connectivity index (χ3v) is 4.41. The Labute approximate surface area is 120 Å². The molecule has 1 atom stereocenters. The van der Waals surface area contributed by atoms with Gasteiger partial charge < -0.3 is 10.4 Å². The first kappa shape index (κ1) is 14.9. The molecule has 0 amide bonds. The molecule has 112 valence electrons. The molecule has 0 radical (unpaired) electrons. The van der Waals surface area contributed by atoms with E-state index in [1.54, 1.807) is 0 Å². The van der Waals surface area contributed by atoms with Crippen LogP contribution in [0.2, 0.25) is 0 Å². The molecule has 1 heterocycles. The molecule has 20 heavy (non-hydrogen) atoms. The SMILES string of the molecule is CCCCc1c(C)[n+]([O-])c(C)n1C1CCCC/C1=N\O. The maximum Gasteiger partial charge on any atom is 0.257 e. The number of hydrogen-bond acceptors (Lipinski definition) is 3. The molecule has 1 aromatic rings. The van der Waals surface area contributed by atoms with Gasteiger partial charge in [-0.1, -0.05) is 18.5 Å². The minimum Gasteiger partial charge on any atom is -0.711 e. The molecule has 1 aliphatic rings. The van der Waals surface area contributed by atoms with Crippen LogP contribution >= 0.6 is 0 Å². The lowest BCUT2D eigenvalue weighted by Gasteiger charge is -2.22. The summed E-state index contributed by atoms with van der Waals surface area (Å²) in [5.41, 5.74) is 2.71. The van der Waals surface area contributed by atoms with E-state index in [0.717, 1.165) is 66.8 Å². The van der Waals surface area contributed by atoms with E-state index in [0.29, 0.717) is 5.82 Å². The van der Waals surface area contributed by atoms with Crippen LogP contribution in [-0.4, -0.2) is 15.5 Å². The highest BCUT2D eigenvalue weighted by atomic mass is 16.5. The van der Waals surface area contributed by atoms with Crippen molar-refractivity contribution in [1.29, 1.82) is 0 Å². The molecule has 5 nitrogen and oxygen atoms in total. The van der Waals surface area contributed by atoms with Gasteiger partial charge in [-0.2, -0.15) is 0 Å². The quantitative estimate of drug-likeness (QED) is 0.398. The topological polar surface area (TPSA) is 64.5 Å². The van der Waals surface area contributed by atoms with Gasteiger partial charge in [0.25, 0.3) is 5.82 Å². The molecule has 2 rings (SSSR count). The smallest absolute Gasteiger partial charge is 0.257 e. The van der Waals surface area contributed by atoms with Crippen LogP contribution in [0.15, 0.2) is 5.16 Å². The Balaban J connectivity index is 2.45. The Hall–Kier alpha value is -1.52. The minimum absolute atomic E-state index is 0.0505. The Morgan fingerprint density at radius 3 is 2.80 bits per heavy atom. The molecule has 5 heteroatoms. The van der Waals surface area contributed by atoms with Crippen LogP contribution in [0, 0.1) is 19.1 Å². The summed E-state index contributed by atoms with van der Waals surface area (Å²) in [4.78, 5) is 0. The molecule has 1 fully saturated rings. The van der Waals surface area contributed by atoms with Crippen LogP contribution in [-0.2, 0) is 6.42 Å². The zero-order chi connectivity index (χ0) is 14.7. The average Bonchev–Trinajstić information content (AvgIpc) is 2.69. The van der Waals surface area contributed by atoms with Gasteiger partial charge in [-0.15, -0.1) is 0 Å². The zero-order valence-corrected chi connectivity index (χ0v) is 12.7. The van der Waals surface area contributed by atoms with E-state index < -0.39 is 0 Å². The van der Waals surface area contributed by atoms with Crippen LogP contribution in [0.5, 0.6) is 0 Å². The normalized spacial score (nSPS) is 21.6. The van der Waals surface area contributed by atoms with E-state index in [4.69, 9.17) is 0 Å². The van der Waals surface area contributed by atoms with Crippen molar-refractivity contribution in [3.05, 3.63) is 22.4 Å². The number of imidazole rings is 1. The van der Waals surface area contributed by atoms with Crippen molar-refractivity contribution in [2.24, 2.45) is 5.16 Å². The number of oxime groups is 1. The molecule has 0 aliphatic heterocycles. The highest BCUT2D eigenvalue weighted by molar-refractivity contribution is 5.88. The highest BCUT2D eigenvalue weighted by Crippen LogP contribution is 2.29. The summed E-state index contributed by atoms with van der Waals surface area (Å²) in [6, 6.07) is 0.0505. The number of unbranched alkanes of at least 4 members (excludes halogenated alkanes) is 1. The van der Waals surface area contributed by atoms with Crippen LogP contribution in [0.4, 0.5) is 0 Å². The second-order valence-electron chi connectivity index (χ2n) is 5.70. The number of hydrogen-bond donors (Lipinski definition) is 1. The number of aromatic nitrogens is 2. The second-order valence-corrected chi connectivity index (χ2v) is 5.70. The summed E-state index contributed by atoms with van der Waals surface area (Å²) < 4.78 is 3.14. The summed E-state index contributed by atoms with van der Waals surface area (Å²) in [7, 11) is 0. The van der Waals surface area contributed by atoms with E-state index in [2.05, 4.69) is 16.6 Å². The van der Waals surface area contributed by atoms with Gasteiger partial charge in [0, 0.05) is 20.3 Å². The Morgan fingerprint density at radius 2 is 2.15 bits per heavy atom. The number of nitrogens with zero attached hydrogens (tertiary/aromatic N) is 3. The number of rotatable bonds is 4. The first-order chi connectivity index (χ1) is 9.61. The third-order valence-electron chi connectivity index (χ3n) is 4.41. The molecular weight excluding hydrogens is 254 g/mol. The fourth-order valence-corrected chi connectivity index (χ4v) is 3.26. The average molecular weight is 279 g/mol. The lowest BCUT2D eigenvalue weighted by molar-refractivity contribution is -0.618. The fourth-order valence-electron chi connectivity index (χ4n) is 3.26. The minimum atomic E-state index is 0.0505. The first-order valence-corrected chi connectivity index (χ1v) is 7.62. The maximum absolute atomic E-state index is 12.2. The van der Waals surface area contributed by atoms with E-state index in [9.17, 15) is 10.4 Å².